The van der Waals surface area contributed by atoms with Crippen LogP contribution >= 0.6 is 0 Å². The molecule has 0 saturated heterocycles. The summed E-state index contributed by atoms with van der Waals surface area (Å²) in [5, 5.41) is 0. The number of hydrogen-bond donors (Lipinski definition) is 3. The fourth-order valence-electron chi connectivity index (χ4n) is 0.839. The van der Waals surface area contributed by atoms with Crippen LogP contribution in [0, 0.1) is 0 Å². The van der Waals surface area contributed by atoms with Gasteiger partial charge in [0.1, 0.15) is 0 Å². The predicted octanol–water partition coefficient (Wildman–Crippen LogP) is -0.714. The first-order chi connectivity index (χ1) is 6.33. The van der Waals surface area contributed by atoms with Gasteiger partial charge in [0.2, 0.25) is 0 Å². The molecular formula is C7H10LiNO4S. The molecule has 74 valence electrons. The molecule has 0 fully saturated rings. The van der Waals surface area contributed by atoms with E-state index in [0.717, 1.165) is 0 Å². The molecule has 1 aromatic carbocycles. The van der Waals surface area contributed by atoms with E-state index in [9.17, 15) is 0 Å². The minimum absolute atomic E-state index is 0.641. The van der Waals surface area contributed by atoms with Gasteiger partial charge < -0.3 is 0 Å². The summed E-state index contributed by atoms with van der Waals surface area (Å²) in [5.41, 5.74) is 6.62. The molecule has 0 heterocycles. The van der Waals surface area contributed by atoms with Crippen molar-refractivity contribution in [3.8, 4) is 0 Å². The van der Waals surface area contributed by atoms with Crippen molar-refractivity contribution < 1.29 is 17.5 Å². The summed E-state index contributed by atoms with van der Waals surface area (Å²) >= 11 is 2.07. The maximum atomic E-state index is 8.74. The Morgan fingerprint density at radius 2 is 1.86 bits per heavy atom. The number of rotatable bonds is 1. The SMILES string of the molecule is O=S(=O)(O)O.[Li][c]1cccc(CN)c1. The van der Waals surface area contributed by atoms with Gasteiger partial charge in [0.05, 0.1) is 0 Å². The quantitative estimate of drug-likeness (QED) is 0.420. The van der Waals surface area contributed by atoms with Crippen LogP contribution in [-0.4, -0.2) is 35.2 Å². The van der Waals surface area contributed by atoms with Gasteiger partial charge >= 0.3 is 74.5 Å². The first kappa shape index (κ1) is 13.6. The van der Waals surface area contributed by atoms with Crippen LogP contribution in [0.3, 0.4) is 0 Å². The van der Waals surface area contributed by atoms with E-state index in [-0.39, 0.29) is 0 Å². The average molecular weight is 211 g/mol. The zero-order valence-electron chi connectivity index (χ0n) is 7.71. The average Bonchev–Trinajstić information content (AvgIpc) is 2.01. The molecule has 0 bridgehead atoms. The third-order valence-electron chi connectivity index (χ3n) is 1.32. The number of benzene rings is 1. The fourth-order valence-corrected chi connectivity index (χ4v) is 0.839. The van der Waals surface area contributed by atoms with Crippen LogP contribution in [0.4, 0.5) is 0 Å². The Morgan fingerprint density at radius 3 is 2.14 bits per heavy atom. The summed E-state index contributed by atoms with van der Waals surface area (Å²) in [6, 6.07) is 8.23. The monoisotopic (exact) mass is 211 g/mol. The van der Waals surface area contributed by atoms with Crippen molar-refractivity contribution in [1.82, 2.24) is 0 Å². The van der Waals surface area contributed by atoms with E-state index in [1.807, 2.05) is 12.1 Å². The first-order valence-electron chi connectivity index (χ1n) is 3.78. The summed E-state index contributed by atoms with van der Waals surface area (Å²) in [4.78, 5) is 0. The summed E-state index contributed by atoms with van der Waals surface area (Å²) < 4.78 is 32.9. The molecule has 0 radical (unpaired) electrons. The second-order valence-corrected chi connectivity index (χ2v) is 3.54. The van der Waals surface area contributed by atoms with Gasteiger partial charge in [-0.2, -0.15) is 8.42 Å². The van der Waals surface area contributed by atoms with Crippen molar-refractivity contribution in [3.63, 3.8) is 0 Å². The van der Waals surface area contributed by atoms with Crippen molar-refractivity contribution >= 4 is 32.4 Å². The molecule has 1 rings (SSSR count). The Labute approximate surface area is 92.1 Å². The summed E-state index contributed by atoms with van der Waals surface area (Å²) in [7, 11) is -4.67. The molecule has 4 N–H and O–H groups in total. The van der Waals surface area contributed by atoms with Gasteiger partial charge in [-0.25, -0.2) is 0 Å². The van der Waals surface area contributed by atoms with E-state index in [4.69, 9.17) is 23.3 Å². The van der Waals surface area contributed by atoms with Crippen molar-refractivity contribution in [2.24, 2.45) is 5.73 Å². The molecular weight excluding hydrogens is 201 g/mol. The Bertz CT molecular complexity index is 371. The van der Waals surface area contributed by atoms with Crippen molar-refractivity contribution in [2.75, 3.05) is 0 Å². The molecule has 0 saturated carbocycles. The van der Waals surface area contributed by atoms with Gasteiger partial charge in [0.25, 0.3) is 0 Å². The number of nitrogens with two attached hydrogens (primary N) is 1. The Kier molecular flexibility index (Phi) is 6.04. The molecule has 0 amide bonds. The van der Waals surface area contributed by atoms with E-state index in [0.29, 0.717) is 6.54 Å². The van der Waals surface area contributed by atoms with Crippen LogP contribution in [0.2, 0.25) is 0 Å². The molecule has 0 unspecified atom stereocenters. The van der Waals surface area contributed by atoms with Gasteiger partial charge in [0.15, 0.2) is 0 Å². The van der Waals surface area contributed by atoms with E-state index in [1.54, 1.807) is 0 Å². The van der Waals surface area contributed by atoms with E-state index in [2.05, 4.69) is 29.8 Å². The maximum absolute atomic E-state index is 8.74. The predicted molar refractivity (Wildman–Crippen MR) is 53.9 cm³/mol. The summed E-state index contributed by atoms with van der Waals surface area (Å²) in [6.07, 6.45) is 0. The first-order valence-corrected chi connectivity index (χ1v) is 5.18. The normalized spacial score (nSPS) is 10.4. The summed E-state index contributed by atoms with van der Waals surface area (Å²) in [5.74, 6) is 0. The van der Waals surface area contributed by atoms with Gasteiger partial charge in [-0.3, -0.25) is 9.11 Å². The van der Waals surface area contributed by atoms with Gasteiger partial charge in [0, 0.05) is 0 Å². The molecule has 0 aromatic heterocycles. The number of hydrogen-bond acceptors (Lipinski definition) is 3. The second kappa shape index (κ2) is 6.19. The van der Waals surface area contributed by atoms with Crippen LogP contribution < -0.4 is 9.97 Å². The molecule has 0 spiro atoms. The second-order valence-electron chi connectivity index (χ2n) is 2.64. The van der Waals surface area contributed by atoms with Crippen LogP contribution in [0.1, 0.15) is 5.56 Å². The Hall–Kier alpha value is -0.353. The van der Waals surface area contributed by atoms with E-state index >= 15 is 0 Å². The Balaban J connectivity index is 0.000000292. The molecule has 0 aliphatic rings. The molecule has 0 aliphatic heterocycles. The zero-order valence-corrected chi connectivity index (χ0v) is 8.53. The molecule has 1 aromatic rings. The Morgan fingerprint density at radius 1 is 1.36 bits per heavy atom. The van der Waals surface area contributed by atoms with Gasteiger partial charge in [-0.1, -0.05) is 0 Å². The third-order valence-corrected chi connectivity index (χ3v) is 1.32. The van der Waals surface area contributed by atoms with Crippen LogP contribution in [0.15, 0.2) is 24.3 Å². The standard InChI is InChI=1S/C7H8N.Li.H2O4S/c8-6-7-4-2-1-3-5-7;;1-5(2,3)4/h1-2,4-5H,6,8H2;;(H2,1,2,3,4). The van der Waals surface area contributed by atoms with Crippen LogP contribution in [0.5, 0.6) is 0 Å². The minimum atomic E-state index is -4.67. The van der Waals surface area contributed by atoms with Crippen LogP contribution in [-0.2, 0) is 16.9 Å². The van der Waals surface area contributed by atoms with E-state index < -0.39 is 10.4 Å². The van der Waals surface area contributed by atoms with Crippen molar-refractivity contribution in [3.05, 3.63) is 29.8 Å². The van der Waals surface area contributed by atoms with Crippen molar-refractivity contribution in [1.29, 1.82) is 0 Å². The molecule has 14 heavy (non-hydrogen) atoms. The molecule has 5 nitrogen and oxygen atoms in total. The van der Waals surface area contributed by atoms with Crippen LogP contribution in [0.25, 0.3) is 0 Å². The van der Waals surface area contributed by atoms with E-state index in [1.165, 1.54) is 9.80 Å². The molecule has 0 atom stereocenters. The fraction of sp³-hybridized carbons (Fsp3) is 0.143. The molecule has 0 aliphatic carbocycles. The third kappa shape index (κ3) is 9.73. The summed E-state index contributed by atoms with van der Waals surface area (Å²) in [6.45, 7) is 0.641. The van der Waals surface area contributed by atoms with Gasteiger partial charge in [-0.05, 0) is 0 Å². The van der Waals surface area contributed by atoms with Gasteiger partial charge in [-0.15, -0.1) is 0 Å². The van der Waals surface area contributed by atoms with Crippen molar-refractivity contribution in [2.45, 2.75) is 6.54 Å². The molecule has 7 heteroatoms. The zero-order chi connectivity index (χ0) is 11.2. The topological polar surface area (TPSA) is 101 Å².